The third-order valence-corrected chi connectivity index (χ3v) is 6.63. The summed E-state index contributed by atoms with van der Waals surface area (Å²) in [5.74, 6) is -0.486. The number of carbonyl (C=O) groups excluding carboxylic acids is 1. The Morgan fingerprint density at radius 2 is 2.10 bits per heavy atom. The summed E-state index contributed by atoms with van der Waals surface area (Å²) in [7, 11) is 0. The van der Waals surface area contributed by atoms with E-state index < -0.39 is 10.8 Å². The number of aromatic nitrogens is 1. The molecule has 0 N–H and O–H groups in total. The standard InChI is InChI=1S/C18H15Cl2N3O4S2/c1-2-27-10-9-22-17-13(6-5-12(19)16(17)20)29-18(22)21-14(24)7-3-11-4-8-15(28-11)23(25)26/h3-8H,2,9-10H2,1H3/b7-3+,21-18?. The Labute approximate surface area is 183 Å². The van der Waals surface area contributed by atoms with Gasteiger partial charge in [-0.15, -0.1) is 0 Å². The van der Waals surface area contributed by atoms with E-state index >= 15 is 0 Å². The van der Waals surface area contributed by atoms with Gasteiger partial charge in [-0.05, 0) is 31.2 Å². The lowest BCUT2D eigenvalue weighted by atomic mass is 10.3. The number of benzene rings is 1. The fourth-order valence-electron chi connectivity index (χ4n) is 2.51. The van der Waals surface area contributed by atoms with Crippen molar-refractivity contribution in [2.45, 2.75) is 13.5 Å². The SMILES string of the molecule is CCOCCn1c(=NC(=O)/C=C/c2ccc([N+](=O)[O-])s2)sc2ccc(Cl)c(Cl)c21. The van der Waals surface area contributed by atoms with E-state index in [0.717, 1.165) is 16.0 Å². The van der Waals surface area contributed by atoms with Crippen LogP contribution in [-0.2, 0) is 16.1 Å². The van der Waals surface area contributed by atoms with E-state index in [0.29, 0.717) is 45.0 Å². The molecule has 0 saturated heterocycles. The van der Waals surface area contributed by atoms with E-state index in [2.05, 4.69) is 4.99 Å². The number of amides is 1. The molecule has 7 nitrogen and oxygen atoms in total. The molecule has 0 saturated carbocycles. The summed E-state index contributed by atoms with van der Waals surface area (Å²) in [5.41, 5.74) is 0.702. The van der Waals surface area contributed by atoms with Crippen molar-refractivity contribution in [2.75, 3.05) is 13.2 Å². The van der Waals surface area contributed by atoms with Gasteiger partial charge >= 0.3 is 5.00 Å². The van der Waals surface area contributed by atoms with Crippen molar-refractivity contribution in [3.8, 4) is 0 Å². The molecule has 152 valence electrons. The minimum absolute atomic E-state index is 0.0128. The number of hydrogen-bond acceptors (Lipinski definition) is 6. The molecular weight excluding hydrogens is 457 g/mol. The molecule has 0 atom stereocenters. The normalized spacial score (nSPS) is 12.3. The first-order valence-electron chi connectivity index (χ1n) is 8.46. The lowest BCUT2D eigenvalue weighted by Gasteiger charge is -2.07. The predicted molar refractivity (Wildman–Crippen MR) is 117 cm³/mol. The Kier molecular flexibility index (Phi) is 7.20. The van der Waals surface area contributed by atoms with E-state index in [4.69, 9.17) is 27.9 Å². The van der Waals surface area contributed by atoms with Crippen LogP contribution >= 0.6 is 45.9 Å². The van der Waals surface area contributed by atoms with E-state index in [1.54, 1.807) is 12.1 Å². The molecule has 29 heavy (non-hydrogen) atoms. The van der Waals surface area contributed by atoms with Crippen LogP contribution < -0.4 is 4.80 Å². The highest BCUT2D eigenvalue weighted by Gasteiger charge is 2.13. The van der Waals surface area contributed by atoms with Gasteiger partial charge in [0.2, 0.25) is 0 Å². The van der Waals surface area contributed by atoms with Crippen molar-refractivity contribution in [2.24, 2.45) is 4.99 Å². The number of carbonyl (C=O) groups is 1. The van der Waals surface area contributed by atoms with E-state index in [1.807, 2.05) is 17.6 Å². The Bertz CT molecular complexity index is 1160. The number of hydrogen-bond donors (Lipinski definition) is 0. The molecule has 1 aromatic carbocycles. The molecule has 0 aliphatic carbocycles. The summed E-state index contributed by atoms with van der Waals surface area (Å²) < 4.78 is 8.08. The quantitative estimate of drug-likeness (QED) is 0.206. The van der Waals surface area contributed by atoms with Crippen molar-refractivity contribution in [1.29, 1.82) is 0 Å². The Balaban J connectivity index is 1.95. The summed E-state index contributed by atoms with van der Waals surface area (Å²) in [6.07, 6.45) is 2.78. The Morgan fingerprint density at radius 3 is 2.79 bits per heavy atom. The Morgan fingerprint density at radius 1 is 1.31 bits per heavy atom. The van der Waals surface area contributed by atoms with Crippen LogP contribution in [-0.4, -0.2) is 28.6 Å². The predicted octanol–water partition coefficient (Wildman–Crippen LogP) is 5.16. The van der Waals surface area contributed by atoms with Gasteiger partial charge in [-0.1, -0.05) is 45.9 Å². The number of rotatable bonds is 7. The highest BCUT2D eigenvalue weighted by molar-refractivity contribution is 7.16. The molecule has 11 heteroatoms. The second-order valence-corrected chi connectivity index (χ2v) is 8.55. The van der Waals surface area contributed by atoms with E-state index in [1.165, 1.54) is 29.6 Å². The number of halogens is 2. The zero-order valence-corrected chi connectivity index (χ0v) is 18.3. The first kappa shape index (κ1) is 21.7. The zero-order chi connectivity index (χ0) is 21.0. The van der Waals surface area contributed by atoms with Crippen molar-refractivity contribution >= 4 is 73.1 Å². The fourth-order valence-corrected chi connectivity index (χ4v) is 4.78. The fraction of sp³-hybridized carbons (Fsp3) is 0.222. The number of nitrogens with zero attached hydrogens (tertiary/aromatic N) is 3. The smallest absolute Gasteiger partial charge is 0.324 e. The van der Waals surface area contributed by atoms with Gasteiger partial charge in [0.25, 0.3) is 5.91 Å². The molecule has 0 aliphatic rings. The lowest BCUT2D eigenvalue weighted by Crippen LogP contribution is -2.19. The minimum atomic E-state index is -0.486. The second-order valence-electron chi connectivity index (χ2n) is 5.66. The lowest BCUT2D eigenvalue weighted by molar-refractivity contribution is -0.380. The van der Waals surface area contributed by atoms with Gasteiger partial charge in [-0.3, -0.25) is 14.9 Å². The van der Waals surface area contributed by atoms with Crippen LogP contribution in [0.15, 0.2) is 35.3 Å². The first-order chi connectivity index (χ1) is 13.9. The number of thiophene rings is 1. The average Bonchev–Trinajstić information content (AvgIpc) is 3.29. The topological polar surface area (TPSA) is 86.7 Å². The first-order valence-corrected chi connectivity index (χ1v) is 10.9. The molecule has 0 bridgehead atoms. The summed E-state index contributed by atoms with van der Waals surface area (Å²) in [6, 6.07) is 6.50. The van der Waals surface area contributed by atoms with Gasteiger partial charge in [0.1, 0.15) is 0 Å². The third-order valence-electron chi connectivity index (χ3n) is 3.79. The van der Waals surface area contributed by atoms with Crippen LogP contribution in [0.3, 0.4) is 0 Å². The summed E-state index contributed by atoms with van der Waals surface area (Å²) in [5, 5.41) is 11.6. The maximum atomic E-state index is 12.4. The van der Waals surface area contributed by atoms with Crippen LogP contribution in [0.2, 0.25) is 10.0 Å². The molecule has 3 aromatic rings. The molecule has 1 amide bonds. The van der Waals surface area contributed by atoms with Gasteiger partial charge < -0.3 is 9.30 Å². The van der Waals surface area contributed by atoms with Gasteiger partial charge in [0.05, 0.1) is 31.8 Å². The third kappa shape index (κ3) is 5.12. The molecule has 0 radical (unpaired) electrons. The summed E-state index contributed by atoms with van der Waals surface area (Å²) >= 11 is 14.8. The van der Waals surface area contributed by atoms with Crippen molar-refractivity contribution in [3.05, 3.63) is 60.2 Å². The summed E-state index contributed by atoms with van der Waals surface area (Å²) in [6.45, 7) is 3.36. The highest BCUT2D eigenvalue weighted by atomic mass is 35.5. The van der Waals surface area contributed by atoms with E-state index in [9.17, 15) is 14.9 Å². The van der Waals surface area contributed by atoms with Crippen LogP contribution in [0.5, 0.6) is 0 Å². The van der Waals surface area contributed by atoms with Gasteiger partial charge in [-0.2, -0.15) is 4.99 Å². The number of ether oxygens (including phenoxy) is 1. The molecule has 0 unspecified atom stereocenters. The maximum absolute atomic E-state index is 12.4. The molecule has 3 rings (SSSR count). The average molecular weight is 472 g/mol. The molecular formula is C18H15Cl2N3O4S2. The van der Waals surface area contributed by atoms with Crippen molar-refractivity contribution < 1.29 is 14.5 Å². The monoisotopic (exact) mass is 471 g/mol. The second kappa shape index (κ2) is 9.64. The van der Waals surface area contributed by atoms with Gasteiger partial charge in [-0.25, -0.2) is 0 Å². The van der Waals surface area contributed by atoms with E-state index in [-0.39, 0.29) is 5.00 Å². The van der Waals surface area contributed by atoms with Gasteiger partial charge in [0.15, 0.2) is 4.80 Å². The van der Waals surface area contributed by atoms with Crippen LogP contribution in [0.25, 0.3) is 16.3 Å². The van der Waals surface area contributed by atoms with Crippen molar-refractivity contribution in [1.82, 2.24) is 4.57 Å². The number of fused-ring (bicyclic) bond motifs is 1. The van der Waals surface area contributed by atoms with Crippen LogP contribution in [0.1, 0.15) is 11.8 Å². The number of thiazole rings is 1. The van der Waals surface area contributed by atoms with Crippen LogP contribution in [0.4, 0.5) is 5.00 Å². The molecule has 0 fully saturated rings. The molecule has 0 spiro atoms. The summed E-state index contributed by atoms with van der Waals surface area (Å²) in [4.78, 5) is 27.9. The minimum Gasteiger partial charge on any atom is -0.380 e. The molecule has 0 aliphatic heterocycles. The largest absolute Gasteiger partial charge is 0.380 e. The van der Waals surface area contributed by atoms with Crippen LogP contribution in [0, 0.1) is 10.1 Å². The van der Waals surface area contributed by atoms with Gasteiger partial charge in [0, 0.05) is 30.2 Å². The maximum Gasteiger partial charge on any atom is 0.324 e. The Hall–Kier alpha value is -2.04. The zero-order valence-electron chi connectivity index (χ0n) is 15.1. The highest BCUT2D eigenvalue weighted by Crippen LogP contribution is 2.32. The van der Waals surface area contributed by atoms with Crippen molar-refractivity contribution in [3.63, 3.8) is 0 Å². The molecule has 2 aromatic heterocycles. The molecule has 2 heterocycles. The number of nitro groups is 1.